The number of rotatable bonds is 5. The fourth-order valence-electron chi connectivity index (χ4n) is 2.58. The van der Waals surface area contributed by atoms with Crippen LogP contribution in [0, 0.1) is 0 Å². The minimum atomic E-state index is -0.191. The number of carbonyl (C=O) groups is 1. The van der Waals surface area contributed by atoms with Crippen molar-refractivity contribution < 1.29 is 9.53 Å². The molecule has 0 unspecified atom stereocenters. The van der Waals surface area contributed by atoms with Crippen molar-refractivity contribution >= 4 is 11.6 Å². The van der Waals surface area contributed by atoms with Crippen LogP contribution in [0.5, 0.6) is 0 Å². The van der Waals surface area contributed by atoms with E-state index < -0.39 is 0 Å². The van der Waals surface area contributed by atoms with Crippen LogP contribution >= 0.6 is 0 Å². The van der Waals surface area contributed by atoms with Crippen molar-refractivity contribution in [1.29, 1.82) is 0 Å². The highest BCUT2D eigenvalue weighted by Crippen LogP contribution is 2.16. The first kappa shape index (κ1) is 16.4. The van der Waals surface area contributed by atoms with Gasteiger partial charge in [-0.25, -0.2) is 0 Å². The zero-order valence-electron chi connectivity index (χ0n) is 14.1. The van der Waals surface area contributed by atoms with E-state index in [1.54, 1.807) is 6.20 Å². The van der Waals surface area contributed by atoms with Gasteiger partial charge in [0.2, 0.25) is 0 Å². The van der Waals surface area contributed by atoms with Gasteiger partial charge < -0.3 is 15.0 Å². The first-order valence-corrected chi connectivity index (χ1v) is 8.24. The third-order valence-corrected chi connectivity index (χ3v) is 3.98. The molecule has 3 rings (SSSR count). The second kappa shape index (κ2) is 7.44. The molecule has 2 aromatic heterocycles. The van der Waals surface area contributed by atoms with E-state index in [1.165, 1.54) is 0 Å². The summed E-state index contributed by atoms with van der Waals surface area (Å²) in [6, 6.07) is 5.97. The van der Waals surface area contributed by atoms with Crippen LogP contribution < -0.4 is 10.2 Å². The molecule has 3 heterocycles. The van der Waals surface area contributed by atoms with Gasteiger partial charge in [0.15, 0.2) is 0 Å². The van der Waals surface area contributed by atoms with Gasteiger partial charge in [-0.15, -0.1) is 0 Å². The third kappa shape index (κ3) is 3.91. The van der Waals surface area contributed by atoms with Crippen LogP contribution in [0.1, 0.15) is 36.1 Å². The van der Waals surface area contributed by atoms with E-state index in [-0.39, 0.29) is 5.91 Å². The number of amides is 1. The monoisotopic (exact) mass is 329 g/mol. The smallest absolute Gasteiger partial charge is 0.270 e. The van der Waals surface area contributed by atoms with Gasteiger partial charge in [0.25, 0.3) is 5.91 Å². The number of hydrogen-bond donors (Lipinski definition) is 1. The fraction of sp³-hybridized carbons (Fsp3) is 0.471. The number of aromatic nitrogens is 3. The second-order valence-electron chi connectivity index (χ2n) is 6.06. The van der Waals surface area contributed by atoms with E-state index in [0.29, 0.717) is 31.5 Å². The number of carbonyl (C=O) groups excluding carboxylic acids is 1. The molecule has 1 saturated heterocycles. The Morgan fingerprint density at radius 2 is 2.12 bits per heavy atom. The van der Waals surface area contributed by atoms with Crippen LogP contribution in [-0.4, -0.2) is 47.0 Å². The summed E-state index contributed by atoms with van der Waals surface area (Å²) < 4.78 is 7.23. The normalized spacial score (nSPS) is 14.9. The predicted octanol–water partition coefficient (Wildman–Crippen LogP) is 1.63. The van der Waals surface area contributed by atoms with Gasteiger partial charge in [-0.05, 0) is 32.0 Å². The Morgan fingerprint density at radius 1 is 1.33 bits per heavy atom. The first-order chi connectivity index (χ1) is 11.6. The summed E-state index contributed by atoms with van der Waals surface area (Å²) in [6.45, 7) is 7.61. The summed E-state index contributed by atoms with van der Waals surface area (Å²) in [5, 5.41) is 7.30. The molecule has 0 bridgehead atoms. The summed E-state index contributed by atoms with van der Waals surface area (Å²) in [6.07, 6.45) is 3.59. The van der Waals surface area contributed by atoms with Crippen molar-refractivity contribution in [3.8, 4) is 0 Å². The van der Waals surface area contributed by atoms with Crippen molar-refractivity contribution in [3.05, 3.63) is 42.0 Å². The molecule has 1 aliphatic rings. The molecular weight excluding hydrogens is 306 g/mol. The number of morpholine rings is 1. The highest BCUT2D eigenvalue weighted by atomic mass is 16.5. The Kier molecular flexibility index (Phi) is 5.10. The lowest BCUT2D eigenvalue weighted by Gasteiger charge is -2.28. The predicted molar refractivity (Wildman–Crippen MR) is 91.1 cm³/mol. The van der Waals surface area contributed by atoms with Crippen molar-refractivity contribution in [2.75, 3.05) is 31.2 Å². The lowest BCUT2D eigenvalue weighted by molar-refractivity contribution is 0.0945. The number of nitrogens with zero attached hydrogens (tertiary/aromatic N) is 4. The number of hydrogen-bond acceptors (Lipinski definition) is 5. The van der Waals surface area contributed by atoms with Gasteiger partial charge >= 0.3 is 0 Å². The molecule has 0 radical (unpaired) electrons. The van der Waals surface area contributed by atoms with E-state index in [4.69, 9.17) is 4.74 Å². The number of ether oxygens (including phenoxy) is 1. The highest BCUT2D eigenvalue weighted by Gasteiger charge is 2.14. The zero-order chi connectivity index (χ0) is 16.9. The molecule has 24 heavy (non-hydrogen) atoms. The average molecular weight is 329 g/mol. The van der Waals surface area contributed by atoms with Gasteiger partial charge in [0, 0.05) is 37.2 Å². The van der Waals surface area contributed by atoms with Crippen molar-refractivity contribution in [2.24, 2.45) is 0 Å². The van der Waals surface area contributed by atoms with Gasteiger partial charge in [-0.2, -0.15) is 5.10 Å². The second-order valence-corrected chi connectivity index (χ2v) is 6.06. The van der Waals surface area contributed by atoms with E-state index in [2.05, 4.69) is 34.1 Å². The molecule has 0 aromatic carbocycles. The summed E-state index contributed by atoms with van der Waals surface area (Å²) in [7, 11) is 0. The molecule has 0 saturated carbocycles. The Balaban J connectivity index is 1.61. The Bertz CT molecular complexity index is 692. The van der Waals surface area contributed by atoms with E-state index in [0.717, 1.165) is 24.5 Å². The molecule has 128 valence electrons. The van der Waals surface area contributed by atoms with Crippen molar-refractivity contribution in [1.82, 2.24) is 20.1 Å². The van der Waals surface area contributed by atoms with Crippen molar-refractivity contribution in [3.63, 3.8) is 0 Å². The molecule has 7 heteroatoms. The minimum absolute atomic E-state index is 0.191. The fourth-order valence-corrected chi connectivity index (χ4v) is 2.58. The highest BCUT2D eigenvalue weighted by molar-refractivity contribution is 5.93. The van der Waals surface area contributed by atoms with Crippen LogP contribution in [-0.2, 0) is 11.3 Å². The van der Waals surface area contributed by atoms with Crippen LogP contribution in [0.3, 0.4) is 0 Å². The van der Waals surface area contributed by atoms with E-state index in [1.807, 2.05) is 29.1 Å². The maximum Gasteiger partial charge on any atom is 0.270 e. The quantitative estimate of drug-likeness (QED) is 0.902. The standard InChI is InChI=1S/C17H23N5O2/c1-13(2)22-6-4-14(20-22)12-19-17(23)16-11-15(3-5-18-16)21-7-9-24-10-8-21/h3-6,11,13H,7-10,12H2,1-2H3,(H,19,23). The number of anilines is 1. The SMILES string of the molecule is CC(C)n1ccc(CNC(=O)c2cc(N3CCOCC3)ccn2)n1. The molecular formula is C17H23N5O2. The molecule has 1 aliphatic heterocycles. The minimum Gasteiger partial charge on any atom is -0.378 e. The topological polar surface area (TPSA) is 72.3 Å². The molecule has 1 N–H and O–H groups in total. The van der Waals surface area contributed by atoms with Gasteiger partial charge in [0.05, 0.1) is 25.5 Å². The van der Waals surface area contributed by atoms with Crippen LogP contribution in [0.15, 0.2) is 30.6 Å². The summed E-state index contributed by atoms with van der Waals surface area (Å²) in [5.41, 5.74) is 2.26. The number of nitrogens with one attached hydrogen (secondary N) is 1. The maximum absolute atomic E-state index is 12.3. The van der Waals surface area contributed by atoms with Crippen LogP contribution in [0.2, 0.25) is 0 Å². The zero-order valence-corrected chi connectivity index (χ0v) is 14.1. The Hall–Kier alpha value is -2.41. The van der Waals surface area contributed by atoms with Gasteiger partial charge in [-0.1, -0.05) is 0 Å². The largest absolute Gasteiger partial charge is 0.378 e. The first-order valence-electron chi connectivity index (χ1n) is 8.24. The average Bonchev–Trinajstić information content (AvgIpc) is 3.10. The summed E-state index contributed by atoms with van der Waals surface area (Å²) >= 11 is 0. The Labute approximate surface area is 141 Å². The van der Waals surface area contributed by atoms with Crippen molar-refractivity contribution in [2.45, 2.75) is 26.4 Å². The third-order valence-electron chi connectivity index (χ3n) is 3.98. The molecule has 7 nitrogen and oxygen atoms in total. The van der Waals surface area contributed by atoms with E-state index >= 15 is 0 Å². The van der Waals surface area contributed by atoms with E-state index in [9.17, 15) is 4.79 Å². The van der Waals surface area contributed by atoms with Gasteiger partial charge in [0.1, 0.15) is 5.69 Å². The Morgan fingerprint density at radius 3 is 2.83 bits per heavy atom. The molecule has 0 atom stereocenters. The lowest BCUT2D eigenvalue weighted by atomic mass is 10.2. The molecule has 1 fully saturated rings. The molecule has 0 aliphatic carbocycles. The molecule has 1 amide bonds. The summed E-state index contributed by atoms with van der Waals surface area (Å²) in [4.78, 5) is 18.7. The molecule has 2 aromatic rings. The number of pyridine rings is 1. The van der Waals surface area contributed by atoms with Crippen LogP contribution in [0.4, 0.5) is 5.69 Å². The maximum atomic E-state index is 12.3. The van der Waals surface area contributed by atoms with Gasteiger partial charge in [-0.3, -0.25) is 14.5 Å². The lowest BCUT2D eigenvalue weighted by Crippen LogP contribution is -2.36. The summed E-state index contributed by atoms with van der Waals surface area (Å²) in [5.74, 6) is -0.191. The molecule has 0 spiro atoms. The van der Waals surface area contributed by atoms with Crippen LogP contribution in [0.25, 0.3) is 0 Å².